The Morgan fingerprint density at radius 1 is 1.44 bits per heavy atom. The summed E-state index contributed by atoms with van der Waals surface area (Å²) in [5.74, 6) is 0.797. The van der Waals surface area contributed by atoms with Crippen LogP contribution in [0.1, 0.15) is 25.8 Å². The molecule has 1 aromatic rings. The zero-order chi connectivity index (χ0) is 13.5. The number of nitrogens with two attached hydrogens (primary N) is 1. The van der Waals surface area contributed by atoms with Gasteiger partial charge < -0.3 is 16.0 Å². The molecule has 3 N–H and O–H groups in total. The van der Waals surface area contributed by atoms with Gasteiger partial charge in [0.05, 0.1) is 5.69 Å². The highest BCUT2D eigenvalue weighted by molar-refractivity contribution is 5.76. The molecule has 0 fully saturated rings. The van der Waals surface area contributed by atoms with Crippen LogP contribution in [-0.4, -0.2) is 35.4 Å². The van der Waals surface area contributed by atoms with E-state index in [9.17, 15) is 4.79 Å². The van der Waals surface area contributed by atoms with Crippen LogP contribution in [0, 0.1) is 6.92 Å². The summed E-state index contributed by atoms with van der Waals surface area (Å²) in [4.78, 5) is 17.8. The molecule has 18 heavy (non-hydrogen) atoms. The summed E-state index contributed by atoms with van der Waals surface area (Å²) >= 11 is 0. The van der Waals surface area contributed by atoms with Gasteiger partial charge in [-0.15, -0.1) is 0 Å². The Kier molecular flexibility index (Phi) is 5.42. The Balaban J connectivity index is 2.44. The number of pyridine rings is 1. The Labute approximate surface area is 108 Å². The van der Waals surface area contributed by atoms with Crippen LogP contribution in [0.15, 0.2) is 12.3 Å². The highest BCUT2D eigenvalue weighted by Gasteiger charge is 2.09. The molecule has 0 radical (unpaired) electrons. The zero-order valence-electron chi connectivity index (χ0n) is 11.4. The molecule has 0 aliphatic rings. The molecule has 0 aromatic carbocycles. The average Bonchev–Trinajstić information content (AvgIpc) is 2.33. The van der Waals surface area contributed by atoms with Gasteiger partial charge >= 0.3 is 0 Å². The van der Waals surface area contributed by atoms with Crippen molar-refractivity contribution < 1.29 is 4.79 Å². The van der Waals surface area contributed by atoms with Gasteiger partial charge in [0.2, 0.25) is 5.91 Å². The van der Waals surface area contributed by atoms with Gasteiger partial charge in [-0.05, 0) is 32.4 Å². The van der Waals surface area contributed by atoms with E-state index in [4.69, 9.17) is 5.73 Å². The Hall–Kier alpha value is -1.78. The standard InChI is InChI=1S/C13H22N4O/c1-4-17(5-2)12(18)6-7-15-13-11(14)8-10(3)9-16-13/h8-9H,4-7,14H2,1-3H3,(H,15,16). The molecular formula is C13H22N4O. The van der Waals surface area contributed by atoms with Crippen LogP contribution in [0.25, 0.3) is 0 Å². The van der Waals surface area contributed by atoms with Gasteiger partial charge in [0.25, 0.3) is 0 Å². The molecule has 0 bridgehead atoms. The van der Waals surface area contributed by atoms with E-state index >= 15 is 0 Å². The number of carbonyl (C=O) groups is 1. The predicted octanol–water partition coefficient (Wildman–Crippen LogP) is 1.64. The molecule has 0 aliphatic carbocycles. The molecule has 1 heterocycles. The van der Waals surface area contributed by atoms with Crippen molar-refractivity contribution >= 4 is 17.4 Å². The van der Waals surface area contributed by atoms with Gasteiger partial charge in [-0.1, -0.05) is 0 Å². The maximum atomic E-state index is 11.8. The first-order valence-corrected chi connectivity index (χ1v) is 6.32. The van der Waals surface area contributed by atoms with Crippen LogP contribution in [0.5, 0.6) is 0 Å². The second-order valence-corrected chi connectivity index (χ2v) is 4.19. The van der Waals surface area contributed by atoms with Gasteiger partial charge in [0, 0.05) is 32.3 Å². The topological polar surface area (TPSA) is 71.2 Å². The maximum absolute atomic E-state index is 11.8. The SMILES string of the molecule is CCN(CC)C(=O)CCNc1ncc(C)cc1N. The number of hydrogen-bond donors (Lipinski definition) is 2. The lowest BCUT2D eigenvalue weighted by Gasteiger charge is -2.18. The minimum absolute atomic E-state index is 0.151. The molecule has 1 aromatic heterocycles. The van der Waals surface area contributed by atoms with Gasteiger partial charge in [-0.2, -0.15) is 0 Å². The van der Waals surface area contributed by atoms with E-state index in [0.29, 0.717) is 24.5 Å². The number of hydrogen-bond acceptors (Lipinski definition) is 4. The van der Waals surface area contributed by atoms with E-state index in [1.54, 1.807) is 6.20 Å². The minimum Gasteiger partial charge on any atom is -0.396 e. The third-order valence-electron chi connectivity index (χ3n) is 2.80. The first kappa shape index (κ1) is 14.3. The zero-order valence-corrected chi connectivity index (χ0v) is 11.4. The normalized spacial score (nSPS) is 10.2. The number of anilines is 2. The van der Waals surface area contributed by atoms with Gasteiger partial charge in [0.1, 0.15) is 5.82 Å². The average molecular weight is 250 g/mol. The molecule has 5 nitrogen and oxygen atoms in total. The van der Waals surface area contributed by atoms with Crippen molar-refractivity contribution in [3.05, 3.63) is 17.8 Å². The number of aryl methyl sites for hydroxylation is 1. The van der Waals surface area contributed by atoms with Crippen LogP contribution in [0.3, 0.4) is 0 Å². The van der Waals surface area contributed by atoms with Crippen LogP contribution < -0.4 is 11.1 Å². The Morgan fingerprint density at radius 3 is 2.67 bits per heavy atom. The van der Waals surface area contributed by atoms with Crippen molar-refractivity contribution in [2.45, 2.75) is 27.2 Å². The molecular weight excluding hydrogens is 228 g/mol. The molecule has 5 heteroatoms. The van der Waals surface area contributed by atoms with Gasteiger partial charge in [-0.25, -0.2) is 4.98 Å². The lowest BCUT2D eigenvalue weighted by molar-refractivity contribution is -0.130. The second-order valence-electron chi connectivity index (χ2n) is 4.19. The monoisotopic (exact) mass is 250 g/mol. The number of nitrogens with zero attached hydrogens (tertiary/aromatic N) is 2. The molecule has 0 spiro atoms. The van der Waals surface area contributed by atoms with Crippen molar-refractivity contribution in [1.82, 2.24) is 9.88 Å². The largest absolute Gasteiger partial charge is 0.396 e. The van der Waals surface area contributed by atoms with E-state index < -0.39 is 0 Å². The maximum Gasteiger partial charge on any atom is 0.224 e. The highest BCUT2D eigenvalue weighted by atomic mass is 16.2. The number of carbonyl (C=O) groups excluding carboxylic acids is 1. The molecule has 0 saturated heterocycles. The van der Waals surface area contributed by atoms with E-state index in [-0.39, 0.29) is 5.91 Å². The third kappa shape index (κ3) is 3.91. The van der Waals surface area contributed by atoms with Gasteiger partial charge in [0.15, 0.2) is 0 Å². The minimum atomic E-state index is 0.151. The second kappa shape index (κ2) is 6.83. The van der Waals surface area contributed by atoms with Crippen molar-refractivity contribution in [1.29, 1.82) is 0 Å². The van der Waals surface area contributed by atoms with E-state index in [1.165, 1.54) is 0 Å². The van der Waals surface area contributed by atoms with Crippen molar-refractivity contribution in [2.24, 2.45) is 0 Å². The van der Waals surface area contributed by atoms with Crippen molar-refractivity contribution in [3.8, 4) is 0 Å². The van der Waals surface area contributed by atoms with E-state index in [2.05, 4.69) is 10.3 Å². The number of amides is 1. The smallest absolute Gasteiger partial charge is 0.224 e. The van der Waals surface area contributed by atoms with Gasteiger partial charge in [-0.3, -0.25) is 4.79 Å². The summed E-state index contributed by atoms with van der Waals surface area (Å²) in [5.41, 5.74) is 7.47. The quantitative estimate of drug-likeness (QED) is 0.805. The lowest BCUT2D eigenvalue weighted by Crippen LogP contribution is -2.31. The third-order valence-corrected chi connectivity index (χ3v) is 2.80. The predicted molar refractivity (Wildman–Crippen MR) is 74.4 cm³/mol. The number of nitrogens with one attached hydrogen (secondary N) is 1. The molecule has 1 rings (SSSR count). The first-order valence-electron chi connectivity index (χ1n) is 6.32. The first-order chi connectivity index (χ1) is 8.58. The molecule has 0 unspecified atom stereocenters. The molecule has 100 valence electrons. The van der Waals surface area contributed by atoms with Crippen LogP contribution in [0.4, 0.5) is 11.5 Å². The van der Waals surface area contributed by atoms with Crippen molar-refractivity contribution in [3.63, 3.8) is 0 Å². The Bertz CT molecular complexity index is 402. The number of rotatable bonds is 6. The van der Waals surface area contributed by atoms with Crippen molar-refractivity contribution in [2.75, 3.05) is 30.7 Å². The summed E-state index contributed by atoms with van der Waals surface area (Å²) in [6.07, 6.45) is 2.21. The van der Waals surface area contributed by atoms with Crippen LogP contribution in [-0.2, 0) is 4.79 Å². The fraction of sp³-hybridized carbons (Fsp3) is 0.538. The summed E-state index contributed by atoms with van der Waals surface area (Å²) in [6, 6.07) is 1.86. The fourth-order valence-corrected chi connectivity index (χ4v) is 1.76. The fourth-order valence-electron chi connectivity index (χ4n) is 1.76. The lowest BCUT2D eigenvalue weighted by atomic mass is 10.3. The Morgan fingerprint density at radius 2 is 2.11 bits per heavy atom. The summed E-state index contributed by atoms with van der Waals surface area (Å²) in [5, 5.41) is 3.09. The van der Waals surface area contributed by atoms with E-state index in [1.807, 2.05) is 31.7 Å². The molecule has 0 atom stereocenters. The number of nitrogen functional groups attached to an aromatic ring is 1. The summed E-state index contributed by atoms with van der Waals surface area (Å²) < 4.78 is 0. The summed E-state index contributed by atoms with van der Waals surface area (Å²) in [6.45, 7) is 7.95. The van der Waals surface area contributed by atoms with E-state index in [0.717, 1.165) is 18.7 Å². The van der Waals surface area contributed by atoms with Crippen LogP contribution in [0.2, 0.25) is 0 Å². The molecule has 0 saturated carbocycles. The molecule has 1 amide bonds. The van der Waals surface area contributed by atoms with Crippen LogP contribution >= 0.6 is 0 Å². The molecule has 0 aliphatic heterocycles. The highest BCUT2D eigenvalue weighted by Crippen LogP contribution is 2.15. The summed E-state index contributed by atoms with van der Waals surface area (Å²) in [7, 11) is 0. The number of aromatic nitrogens is 1.